The fourth-order valence-electron chi connectivity index (χ4n) is 2.23. The van der Waals surface area contributed by atoms with Gasteiger partial charge in [0.2, 0.25) is 5.89 Å². The quantitative estimate of drug-likeness (QED) is 0.851. The van der Waals surface area contributed by atoms with E-state index in [-0.39, 0.29) is 0 Å². The fourth-order valence-corrected chi connectivity index (χ4v) is 3.24. The first-order valence-electron chi connectivity index (χ1n) is 6.73. The molecule has 0 spiro atoms. The van der Waals surface area contributed by atoms with Gasteiger partial charge in [-0.05, 0) is 43.7 Å². The Morgan fingerprint density at radius 2 is 2.20 bits per heavy atom. The second-order valence-electron chi connectivity index (χ2n) is 4.83. The molecule has 0 amide bonds. The smallest absolute Gasteiger partial charge is 0.231 e. The number of nitrogens with one attached hydrogen (secondary N) is 1. The Bertz CT molecular complexity index is 552. The predicted molar refractivity (Wildman–Crippen MR) is 82.8 cm³/mol. The van der Waals surface area contributed by atoms with Crippen LogP contribution in [0, 0.1) is 0 Å². The molecule has 1 saturated heterocycles. The first kappa shape index (κ1) is 14.1. The molecule has 1 N–H and O–H groups in total. The maximum atomic E-state index is 5.39. The monoisotopic (exact) mass is 353 g/mol. The van der Waals surface area contributed by atoms with Crippen LogP contribution < -0.4 is 5.32 Å². The van der Waals surface area contributed by atoms with Gasteiger partial charge in [0.1, 0.15) is 0 Å². The van der Waals surface area contributed by atoms with Crippen molar-refractivity contribution in [2.75, 3.05) is 13.1 Å². The molecule has 2 aromatic rings. The molecule has 106 valence electrons. The van der Waals surface area contributed by atoms with Crippen LogP contribution in [0.25, 0.3) is 0 Å². The molecule has 1 aliphatic rings. The van der Waals surface area contributed by atoms with Crippen LogP contribution in [0.4, 0.5) is 0 Å². The molecule has 2 heterocycles. The molecule has 1 aromatic carbocycles. The van der Waals surface area contributed by atoms with Gasteiger partial charge >= 0.3 is 0 Å². The van der Waals surface area contributed by atoms with Crippen LogP contribution in [0.15, 0.2) is 38.2 Å². The molecule has 0 radical (unpaired) electrons. The Labute approximate surface area is 130 Å². The molecule has 0 saturated carbocycles. The van der Waals surface area contributed by atoms with Crippen molar-refractivity contribution < 1.29 is 4.52 Å². The first-order valence-corrected chi connectivity index (χ1v) is 8.51. The van der Waals surface area contributed by atoms with E-state index in [9.17, 15) is 0 Å². The maximum Gasteiger partial charge on any atom is 0.231 e. The summed E-state index contributed by atoms with van der Waals surface area (Å²) in [4.78, 5) is 5.73. The standard InChI is InChI=1S/C14H16BrN3OS/c15-11-3-5-12(6-4-11)20-9-13-17-14(19-18-13)10-2-1-7-16-8-10/h3-6,10,16H,1-2,7-9H2/t10-/m0/s1. The maximum absolute atomic E-state index is 5.39. The Balaban J connectivity index is 1.58. The lowest BCUT2D eigenvalue weighted by atomic mass is 10.00. The van der Waals surface area contributed by atoms with Crippen LogP contribution in [0.2, 0.25) is 0 Å². The highest BCUT2D eigenvalue weighted by Gasteiger charge is 2.21. The average molecular weight is 354 g/mol. The van der Waals surface area contributed by atoms with Crippen molar-refractivity contribution >= 4 is 27.7 Å². The lowest BCUT2D eigenvalue weighted by molar-refractivity contribution is 0.320. The summed E-state index contributed by atoms with van der Waals surface area (Å²) in [7, 11) is 0. The van der Waals surface area contributed by atoms with E-state index in [0.717, 1.165) is 41.5 Å². The number of thioether (sulfide) groups is 1. The van der Waals surface area contributed by atoms with E-state index in [4.69, 9.17) is 4.52 Å². The third-order valence-electron chi connectivity index (χ3n) is 3.31. The van der Waals surface area contributed by atoms with Gasteiger partial charge in [-0.25, -0.2) is 0 Å². The molecular weight excluding hydrogens is 338 g/mol. The van der Waals surface area contributed by atoms with E-state index in [1.165, 1.54) is 11.3 Å². The number of rotatable bonds is 4. The molecule has 1 fully saturated rings. The van der Waals surface area contributed by atoms with Gasteiger partial charge in [0, 0.05) is 15.9 Å². The number of aromatic nitrogens is 2. The van der Waals surface area contributed by atoms with Gasteiger partial charge in [0.15, 0.2) is 5.82 Å². The lowest BCUT2D eigenvalue weighted by Crippen LogP contribution is -2.28. The van der Waals surface area contributed by atoms with Gasteiger partial charge in [-0.2, -0.15) is 4.98 Å². The predicted octanol–water partition coefficient (Wildman–Crippen LogP) is 3.59. The summed E-state index contributed by atoms with van der Waals surface area (Å²) in [6, 6.07) is 8.25. The van der Waals surface area contributed by atoms with Gasteiger partial charge in [0.05, 0.1) is 11.7 Å². The van der Waals surface area contributed by atoms with Crippen LogP contribution in [-0.4, -0.2) is 23.2 Å². The lowest BCUT2D eigenvalue weighted by Gasteiger charge is -2.18. The van der Waals surface area contributed by atoms with Crippen LogP contribution in [-0.2, 0) is 5.75 Å². The summed E-state index contributed by atoms with van der Waals surface area (Å²) in [6.07, 6.45) is 2.31. The number of benzene rings is 1. The second-order valence-corrected chi connectivity index (χ2v) is 6.80. The van der Waals surface area contributed by atoms with Crippen LogP contribution in [0.3, 0.4) is 0 Å². The second kappa shape index (κ2) is 6.74. The number of hydrogen-bond acceptors (Lipinski definition) is 5. The first-order chi connectivity index (χ1) is 9.81. The molecule has 1 aliphatic heterocycles. The minimum Gasteiger partial charge on any atom is -0.339 e. The van der Waals surface area contributed by atoms with Gasteiger partial charge in [-0.3, -0.25) is 0 Å². The van der Waals surface area contributed by atoms with Crippen LogP contribution >= 0.6 is 27.7 Å². The van der Waals surface area contributed by atoms with E-state index in [1.54, 1.807) is 11.8 Å². The minimum atomic E-state index is 0.377. The molecule has 20 heavy (non-hydrogen) atoms. The number of hydrogen-bond donors (Lipinski definition) is 1. The summed E-state index contributed by atoms with van der Waals surface area (Å²) >= 11 is 5.15. The van der Waals surface area contributed by atoms with Gasteiger partial charge < -0.3 is 9.84 Å². The Hall–Kier alpha value is -0.850. The summed E-state index contributed by atoms with van der Waals surface area (Å²) in [5.41, 5.74) is 0. The van der Waals surface area contributed by atoms with Crippen molar-refractivity contribution in [2.45, 2.75) is 29.4 Å². The Kier molecular flexibility index (Phi) is 4.75. The molecule has 0 unspecified atom stereocenters. The molecule has 3 rings (SSSR count). The summed E-state index contributed by atoms with van der Waals surface area (Å²) in [6.45, 7) is 2.04. The highest BCUT2D eigenvalue weighted by molar-refractivity contribution is 9.10. The fraction of sp³-hybridized carbons (Fsp3) is 0.429. The van der Waals surface area contributed by atoms with Crippen molar-refractivity contribution in [3.8, 4) is 0 Å². The van der Waals surface area contributed by atoms with Crippen LogP contribution in [0.1, 0.15) is 30.5 Å². The zero-order valence-corrected chi connectivity index (χ0v) is 13.4. The SMILES string of the molecule is Brc1ccc(SCc2noc([C@H]3CCCNC3)n2)cc1. The van der Waals surface area contributed by atoms with E-state index in [0.29, 0.717) is 5.92 Å². The van der Waals surface area contributed by atoms with Crippen molar-refractivity contribution in [3.05, 3.63) is 40.5 Å². The highest BCUT2D eigenvalue weighted by atomic mass is 79.9. The van der Waals surface area contributed by atoms with Gasteiger partial charge in [0.25, 0.3) is 0 Å². The number of nitrogens with zero attached hydrogens (tertiary/aromatic N) is 2. The van der Waals surface area contributed by atoms with E-state index < -0.39 is 0 Å². The number of halogens is 1. The normalized spacial score (nSPS) is 19.1. The summed E-state index contributed by atoms with van der Waals surface area (Å²) < 4.78 is 6.48. The van der Waals surface area contributed by atoms with Gasteiger partial charge in [-0.15, -0.1) is 11.8 Å². The molecular formula is C14H16BrN3OS. The Morgan fingerprint density at radius 3 is 2.95 bits per heavy atom. The summed E-state index contributed by atoms with van der Waals surface area (Å²) in [5, 5.41) is 7.45. The zero-order chi connectivity index (χ0) is 13.8. The molecule has 0 bridgehead atoms. The van der Waals surface area contributed by atoms with Crippen molar-refractivity contribution in [3.63, 3.8) is 0 Å². The van der Waals surface area contributed by atoms with Crippen molar-refractivity contribution in [1.82, 2.24) is 15.5 Å². The minimum absolute atomic E-state index is 0.377. The molecule has 4 nitrogen and oxygen atoms in total. The molecule has 1 atom stereocenters. The summed E-state index contributed by atoms with van der Waals surface area (Å²) in [5.74, 6) is 2.68. The Morgan fingerprint density at radius 1 is 1.35 bits per heavy atom. The van der Waals surface area contributed by atoms with E-state index >= 15 is 0 Å². The van der Waals surface area contributed by atoms with Gasteiger partial charge in [-0.1, -0.05) is 21.1 Å². The molecule has 0 aliphatic carbocycles. The van der Waals surface area contributed by atoms with E-state index in [1.807, 2.05) is 12.1 Å². The highest BCUT2D eigenvalue weighted by Crippen LogP contribution is 2.25. The van der Waals surface area contributed by atoms with Crippen molar-refractivity contribution in [2.24, 2.45) is 0 Å². The molecule has 6 heteroatoms. The number of piperidine rings is 1. The third-order valence-corrected chi connectivity index (χ3v) is 4.85. The van der Waals surface area contributed by atoms with Crippen LogP contribution in [0.5, 0.6) is 0 Å². The molecule has 1 aromatic heterocycles. The largest absolute Gasteiger partial charge is 0.339 e. The third kappa shape index (κ3) is 3.62. The van der Waals surface area contributed by atoms with Crippen molar-refractivity contribution in [1.29, 1.82) is 0 Å². The zero-order valence-electron chi connectivity index (χ0n) is 11.0. The topological polar surface area (TPSA) is 51.0 Å². The van der Waals surface area contributed by atoms with E-state index in [2.05, 4.69) is 43.5 Å². The average Bonchev–Trinajstić information content (AvgIpc) is 2.97.